The zero-order valence-electron chi connectivity index (χ0n) is 4.61. The second kappa shape index (κ2) is 4.56. The van der Waals surface area contributed by atoms with E-state index < -0.39 is 6.67 Å². The predicted molar refractivity (Wildman–Crippen MR) is 29.0 cm³/mol. The number of halogens is 1. The van der Waals surface area contributed by atoms with Crippen molar-refractivity contribution in [3.63, 3.8) is 0 Å². The molecule has 0 heterocycles. The summed E-state index contributed by atoms with van der Waals surface area (Å²) in [4.78, 5) is 10.2. The summed E-state index contributed by atoms with van der Waals surface area (Å²) in [6.07, 6.45) is 0.181. The molecule has 3 heteroatoms. The maximum Gasteiger partial charge on any atom is 0.220 e. The van der Waals surface area contributed by atoms with Crippen molar-refractivity contribution in [3.05, 3.63) is 6.92 Å². The summed E-state index contributed by atoms with van der Waals surface area (Å²) in [5.74, 6) is -0.206. The molecule has 0 saturated carbocycles. The van der Waals surface area contributed by atoms with Gasteiger partial charge in [-0.3, -0.25) is 4.79 Å². The van der Waals surface area contributed by atoms with Crippen molar-refractivity contribution in [2.75, 3.05) is 13.2 Å². The van der Waals surface area contributed by atoms with Gasteiger partial charge in [0.1, 0.15) is 6.67 Å². The lowest BCUT2D eigenvalue weighted by atomic mass is 10.4. The van der Waals surface area contributed by atoms with Crippen molar-refractivity contribution in [1.82, 2.24) is 5.32 Å². The summed E-state index contributed by atoms with van der Waals surface area (Å²) in [5, 5.41) is 2.31. The number of rotatable bonds is 3. The number of carbonyl (C=O) groups is 1. The van der Waals surface area contributed by atoms with Gasteiger partial charge in [0.15, 0.2) is 0 Å². The normalized spacial score (nSPS) is 8.75. The van der Waals surface area contributed by atoms with E-state index >= 15 is 0 Å². The van der Waals surface area contributed by atoms with E-state index in [1.165, 1.54) is 0 Å². The molecule has 0 aromatic carbocycles. The molecule has 0 unspecified atom stereocenters. The van der Waals surface area contributed by atoms with Gasteiger partial charge in [0.2, 0.25) is 5.91 Å². The Morgan fingerprint density at radius 3 is 2.75 bits per heavy atom. The minimum Gasteiger partial charge on any atom is -0.353 e. The highest BCUT2D eigenvalue weighted by Crippen LogP contribution is 1.72. The van der Waals surface area contributed by atoms with Crippen molar-refractivity contribution in [1.29, 1.82) is 0 Å². The molecule has 0 fully saturated rings. The summed E-state index contributed by atoms with van der Waals surface area (Å²) >= 11 is 0. The Balaban J connectivity index is 2.99. The molecule has 2 nitrogen and oxygen atoms in total. The van der Waals surface area contributed by atoms with Crippen LogP contribution in [-0.4, -0.2) is 19.1 Å². The van der Waals surface area contributed by atoms with Crippen LogP contribution < -0.4 is 5.32 Å². The summed E-state index contributed by atoms with van der Waals surface area (Å²) in [6, 6.07) is 0. The second-order valence-corrected chi connectivity index (χ2v) is 1.29. The highest BCUT2D eigenvalue weighted by molar-refractivity contribution is 5.76. The topological polar surface area (TPSA) is 29.1 Å². The van der Waals surface area contributed by atoms with Gasteiger partial charge in [-0.25, -0.2) is 4.39 Å². The second-order valence-electron chi connectivity index (χ2n) is 1.29. The van der Waals surface area contributed by atoms with E-state index in [1.807, 2.05) is 0 Å². The van der Waals surface area contributed by atoms with Gasteiger partial charge in [-0.15, -0.1) is 0 Å². The first-order valence-corrected chi connectivity index (χ1v) is 2.43. The fourth-order valence-electron chi connectivity index (χ4n) is 0.275. The molecular formula is C5H9FNO. The largest absolute Gasteiger partial charge is 0.353 e. The number of hydrogen-bond acceptors (Lipinski definition) is 1. The lowest BCUT2D eigenvalue weighted by Crippen LogP contribution is -2.24. The van der Waals surface area contributed by atoms with Gasteiger partial charge in [0.25, 0.3) is 0 Å². The molecule has 0 atom stereocenters. The molecule has 0 aliphatic rings. The molecule has 0 aliphatic carbocycles. The van der Waals surface area contributed by atoms with Gasteiger partial charge in [0, 0.05) is 13.0 Å². The summed E-state index contributed by atoms with van der Waals surface area (Å²) in [5.41, 5.74) is 0. The first-order chi connectivity index (χ1) is 3.81. The van der Waals surface area contributed by atoms with Crippen molar-refractivity contribution in [2.45, 2.75) is 6.42 Å². The molecule has 0 aliphatic heterocycles. The van der Waals surface area contributed by atoms with Gasteiger partial charge >= 0.3 is 0 Å². The van der Waals surface area contributed by atoms with Crippen LogP contribution in [-0.2, 0) is 4.79 Å². The van der Waals surface area contributed by atoms with Gasteiger partial charge in [-0.1, -0.05) is 0 Å². The van der Waals surface area contributed by atoms with Gasteiger partial charge in [-0.05, 0) is 6.92 Å². The zero-order valence-corrected chi connectivity index (χ0v) is 4.61. The lowest BCUT2D eigenvalue weighted by molar-refractivity contribution is -0.120. The van der Waals surface area contributed by atoms with Crippen LogP contribution in [0.4, 0.5) is 4.39 Å². The minimum atomic E-state index is -0.508. The Hall–Kier alpha value is -0.600. The van der Waals surface area contributed by atoms with Gasteiger partial charge in [0.05, 0.1) is 0 Å². The van der Waals surface area contributed by atoms with E-state index in [1.54, 1.807) is 0 Å². The molecular weight excluding hydrogens is 109 g/mol. The van der Waals surface area contributed by atoms with Crippen molar-refractivity contribution < 1.29 is 9.18 Å². The average molecular weight is 118 g/mol. The third-order valence-electron chi connectivity index (χ3n) is 0.644. The SMILES string of the molecule is [CH2]CC(=O)NCCF. The highest BCUT2D eigenvalue weighted by atomic mass is 19.1. The zero-order chi connectivity index (χ0) is 6.41. The van der Waals surface area contributed by atoms with Crippen LogP contribution in [0.5, 0.6) is 0 Å². The van der Waals surface area contributed by atoms with E-state index in [0.29, 0.717) is 0 Å². The average Bonchev–Trinajstić information content (AvgIpc) is 1.83. The number of carbonyl (C=O) groups excluding carboxylic acids is 1. The molecule has 0 saturated heterocycles. The molecule has 1 radical (unpaired) electrons. The highest BCUT2D eigenvalue weighted by Gasteiger charge is 1.91. The van der Waals surface area contributed by atoms with Crippen LogP contribution in [0.1, 0.15) is 6.42 Å². The van der Waals surface area contributed by atoms with Crippen LogP contribution in [0.25, 0.3) is 0 Å². The lowest BCUT2D eigenvalue weighted by Gasteiger charge is -1.95. The Morgan fingerprint density at radius 2 is 2.38 bits per heavy atom. The summed E-state index contributed by atoms with van der Waals surface area (Å²) < 4.78 is 11.3. The van der Waals surface area contributed by atoms with Crippen LogP contribution >= 0.6 is 0 Å². The number of alkyl halides is 1. The van der Waals surface area contributed by atoms with E-state index in [2.05, 4.69) is 12.2 Å². The molecule has 1 amide bonds. The monoisotopic (exact) mass is 118 g/mol. The Labute approximate surface area is 48.1 Å². The maximum atomic E-state index is 11.3. The van der Waals surface area contributed by atoms with Gasteiger partial charge < -0.3 is 5.32 Å². The van der Waals surface area contributed by atoms with E-state index in [4.69, 9.17) is 0 Å². The number of hydrogen-bond donors (Lipinski definition) is 1. The Kier molecular flexibility index (Phi) is 4.21. The predicted octanol–water partition coefficient (Wildman–Crippen LogP) is 0.296. The van der Waals surface area contributed by atoms with Crippen molar-refractivity contribution in [3.8, 4) is 0 Å². The molecule has 0 bridgehead atoms. The third-order valence-corrected chi connectivity index (χ3v) is 0.644. The first kappa shape index (κ1) is 7.40. The van der Waals surface area contributed by atoms with Crippen LogP contribution in [0, 0.1) is 6.92 Å². The standard InChI is InChI=1S/C5H9FNO/c1-2-5(8)7-4-3-6/h1-4H2,(H,7,8). The molecule has 1 N–H and O–H groups in total. The first-order valence-electron chi connectivity index (χ1n) is 2.43. The molecule has 0 spiro atoms. The van der Waals surface area contributed by atoms with Crippen LogP contribution in [0.15, 0.2) is 0 Å². The molecule has 0 aromatic rings. The van der Waals surface area contributed by atoms with Gasteiger partial charge in [-0.2, -0.15) is 0 Å². The van der Waals surface area contributed by atoms with Crippen molar-refractivity contribution >= 4 is 5.91 Å². The fraction of sp³-hybridized carbons (Fsp3) is 0.600. The smallest absolute Gasteiger partial charge is 0.220 e. The Bertz CT molecular complexity index is 74.8. The summed E-state index contributed by atoms with van der Waals surface area (Å²) in [7, 11) is 0. The van der Waals surface area contributed by atoms with Crippen molar-refractivity contribution in [2.24, 2.45) is 0 Å². The maximum absolute atomic E-state index is 11.3. The fourth-order valence-corrected chi connectivity index (χ4v) is 0.275. The van der Waals surface area contributed by atoms with E-state index in [-0.39, 0.29) is 18.9 Å². The molecule has 0 aromatic heterocycles. The number of nitrogens with one attached hydrogen (secondary N) is 1. The van der Waals surface area contributed by atoms with E-state index in [0.717, 1.165) is 0 Å². The molecule has 0 rings (SSSR count). The summed E-state index contributed by atoms with van der Waals surface area (Å²) in [6.45, 7) is 2.90. The quantitative estimate of drug-likeness (QED) is 0.567. The minimum absolute atomic E-state index is 0.106. The third kappa shape index (κ3) is 3.59. The van der Waals surface area contributed by atoms with Crippen LogP contribution in [0.3, 0.4) is 0 Å². The number of amides is 1. The molecule has 47 valence electrons. The Morgan fingerprint density at radius 1 is 1.75 bits per heavy atom. The van der Waals surface area contributed by atoms with Crippen LogP contribution in [0.2, 0.25) is 0 Å². The molecule has 8 heavy (non-hydrogen) atoms. The van der Waals surface area contributed by atoms with E-state index in [9.17, 15) is 9.18 Å².